The standard InChI is InChI=1S/C19H19F3N2O/c1-10-8-11(2)23-12(3)17(10)24-18(25)15-9-14(15)13-6-4-5-7-16(13)19(20,21)22/h4-8,14-15H,9H2,1-3H3,(H,24,25)/t14-,15+/m1/s1. The number of aromatic nitrogens is 1. The third-order valence-electron chi connectivity index (χ3n) is 4.57. The van der Waals surface area contributed by atoms with E-state index in [9.17, 15) is 18.0 Å². The summed E-state index contributed by atoms with van der Waals surface area (Å²) in [6.45, 7) is 5.55. The first kappa shape index (κ1) is 17.5. The van der Waals surface area contributed by atoms with Crippen molar-refractivity contribution in [2.24, 2.45) is 5.92 Å². The number of nitrogens with zero attached hydrogens (tertiary/aromatic N) is 1. The molecule has 132 valence electrons. The third kappa shape index (κ3) is 3.52. The SMILES string of the molecule is Cc1cc(C)c(NC(=O)[C@H]2C[C@@H]2c2ccccc2C(F)(F)F)c(C)n1. The van der Waals surface area contributed by atoms with Gasteiger partial charge < -0.3 is 5.32 Å². The molecular formula is C19H19F3N2O. The zero-order valence-electron chi connectivity index (χ0n) is 14.2. The number of carbonyl (C=O) groups is 1. The molecule has 3 nitrogen and oxygen atoms in total. The molecule has 2 aromatic rings. The second kappa shape index (κ2) is 6.17. The number of benzene rings is 1. The summed E-state index contributed by atoms with van der Waals surface area (Å²) in [4.78, 5) is 16.8. The molecule has 1 fully saturated rings. The molecule has 0 unspecified atom stereocenters. The van der Waals surface area contributed by atoms with Crippen molar-refractivity contribution in [3.05, 3.63) is 58.4 Å². The van der Waals surface area contributed by atoms with Crippen molar-refractivity contribution in [1.82, 2.24) is 4.98 Å². The Morgan fingerprint density at radius 2 is 1.88 bits per heavy atom. The van der Waals surface area contributed by atoms with E-state index in [1.54, 1.807) is 13.0 Å². The van der Waals surface area contributed by atoms with Gasteiger partial charge in [0.25, 0.3) is 0 Å². The van der Waals surface area contributed by atoms with Crippen molar-refractivity contribution in [2.45, 2.75) is 39.3 Å². The Kier molecular flexibility index (Phi) is 4.31. The molecule has 1 amide bonds. The molecule has 1 aliphatic carbocycles. The normalized spacial score (nSPS) is 19.6. The second-order valence-electron chi connectivity index (χ2n) is 6.56. The van der Waals surface area contributed by atoms with Gasteiger partial charge in [0.2, 0.25) is 5.91 Å². The fourth-order valence-electron chi connectivity index (χ4n) is 3.34. The molecule has 2 atom stereocenters. The summed E-state index contributed by atoms with van der Waals surface area (Å²) in [6.07, 6.45) is -3.98. The fourth-order valence-corrected chi connectivity index (χ4v) is 3.34. The number of halogens is 3. The van der Waals surface area contributed by atoms with Crippen LogP contribution >= 0.6 is 0 Å². The Bertz CT molecular complexity index is 807. The van der Waals surface area contributed by atoms with Crippen molar-refractivity contribution in [2.75, 3.05) is 5.32 Å². The van der Waals surface area contributed by atoms with E-state index in [1.807, 2.05) is 19.9 Å². The van der Waals surface area contributed by atoms with Crippen LogP contribution in [0.2, 0.25) is 0 Å². The van der Waals surface area contributed by atoms with Crippen molar-refractivity contribution < 1.29 is 18.0 Å². The van der Waals surface area contributed by atoms with Crippen LogP contribution in [0.5, 0.6) is 0 Å². The van der Waals surface area contributed by atoms with Crippen LogP contribution in [0.1, 0.15) is 40.4 Å². The number of aryl methyl sites for hydroxylation is 3. The van der Waals surface area contributed by atoms with E-state index >= 15 is 0 Å². The van der Waals surface area contributed by atoms with Crippen LogP contribution in [-0.4, -0.2) is 10.9 Å². The summed E-state index contributed by atoms with van der Waals surface area (Å²) in [5, 5.41) is 2.84. The van der Waals surface area contributed by atoms with Gasteiger partial charge in [0, 0.05) is 11.6 Å². The fraction of sp³-hybridized carbons (Fsp3) is 0.368. The third-order valence-corrected chi connectivity index (χ3v) is 4.57. The van der Waals surface area contributed by atoms with Crippen LogP contribution in [0, 0.1) is 26.7 Å². The second-order valence-corrected chi connectivity index (χ2v) is 6.56. The molecule has 6 heteroatoms. The summed E-state index contributed by atoms with van der Waals surface area (Å²) in [5.41, 5.74) is 2.65. The maximum atomic E-state index is 13.1. The van der Waals surface area contributed by atoms with E-state index in [0.29, 0.717) is 17.8 Å². The first-order chi connectivity index (χ1) is 11.7. The number of amides is 1. The highest BCUT2D eigenvalue weighted by atomic mass is 19.4. The molecule has 0 bridgehead atoms. The lowest BCUT2D eigenvalue weighted by molar-refractivity contribution is -0.138. The van der Waals surface area contributed by atoms with Gasteiger partial charge in [0.15, 0.2) is 0 Å². The Morgan fingerprint density at radius 1 is 1.20 bits per heavy atom. The number of anilines is 1. The first-order valence-electron chi connectivity index (χ1n) is 8.10. The number of carbonyl (C=O) groups excluding carboxylic acids is 1. The van der Waals surface area contributed by atoms with Gasteiger partial charge in [-0.3, -0.25) is 9.78 Å². The van der Waals surface area contributed by atoms with Crippen LogP contribution in [0.3, 0.4) is 0 Å². The Morgan fingerprint density at radius 3 is 2.52 bits per heavy atom. The van der Waals surface area contributed by atoms with Gasteiger partial charge in [0.1, 0.15) is 0 Å². The number of hydrogen-bond donors (Lipinski definition) is 1. The molecule has 25 heavy (non-hydrogen) atoms. The van der Waals surface area contributed by atoms with Gasteiger partial charge in [0.05, 0.1) is 16.9 Å². The molecule has 1 aromatic heterocycles. The average Bonchev–Trinajstić information content (AvgIpc) is 3.30. The molecule has 1 N–H and O–H groups in total. The van der Waals surface area contributed by atoms with Crippen molar-refractivity contribution in [1.29, 1.82) is 0 Å². The smallest absolute Gasteiger partial charge is 0.324 e. The molecule has 1 aromatic carbocycles. The van der Waals surface area contributed by atoms with E-state index < -0.39 is 23.6 Å². The van der Waals surface area contributed by atoms with Crippen molar-refractivity contribution >= 4 is 11.6 Å². The summed E-state index contributed by atoms with van der Waals surface area (Å²) in [7, 11) is 0. The number of alkyl halides is 3. The molecule has 1 saturated carbocycles. The van der Waals surface area contributed by atoms with Gasteiger partial charge >= 0.3 is 6.18 Å². The van der Waals surface area contributed by atoms with Crippen LogP contribution in [0.25, 0.3) is 0 Å². The molecule has 0 saturated heterocycles. The molecule has 3 rings (SSSR count). The highest BCUT2D eigenvalue weighted by Gasteiger charge is 2.47. The van der Waals surface area contributed by atoms with Gasteiger partial charge in [-0.15, -0.1) is 0 Å². The van der Waals surface area contributed by atoms with E-state index in [4.69, 9.17) is 0 Å². The van der Waals surface area contributed by atoms with E-state index in [1.165, 1.54) is 12.1 Å². The number of pyridine rings is 1. The highest BCUT2D eigenvalue weighted by Crippen LogP contribution is 2.51. The Labute approximate surface area is 144 Å². The largest absolute Gasteiger partial charge is 0.416 e. The highest BCUT2D eigenvalue weighted by molar-refractivity contribution is 5.96. The topological polar surface area (TPSA) is 42.0 Å². The van der Waals surface area contributed by atoms with Gasteiger partial charge in [-0.25, -0.2) is 0 Å². The summed E-state index contributed by atoms with van der Waals surface area (Å²) >= 11 is 0. The average molecular weight is 348 g/mol. The molecule has 0 aliphatic heterocycles. The minimum atomic E-state index is -4.41. The predicted molar refractivity (Wildman–Crippen MR) is 89.4 cm³/mol. The number of nitrogens with one attached hydrogen (secondary N) is 1. The number of hydrogen-bond acceptors (Lipinski definition) is 2. The lowest BCUT2D eigenvalue weighted by atomic mass is 10.0. The zero-order valence-corrected chi connectivity index (χ0v) is 14.2. The van der Waals surface area contributed by atoms with E-state index in [2.05, 4.69) is 10.3 Å². The number of rotatable bonds is 3. The van der Waals surface area contributed by atoms with Crippen LogP contribution < -0.4 is 5.32 Å². The predicted octanol–water partition coefficient (Wildman–Crippen LogP) is 4.77. The molecule has 1 heterocycles. The van der Waals surface area contributed by atoms with Crippen LogP contribution in [0.4, 0.5) is 18.9 Å². The quantitative estimate of drug-likeness (QED) is 0.868. The first-order valence-corrected chi connectivity index (χ1v) is 8.10. The van der Waals surface area contributed by atoms with Gasteiger partial charge in [-0.1, -0.05) is 18.2 Å². The minimum Gasteiger partial charge on any atom is -0.324 e. The maximum absolute atomic E-state index is 13.1. The van der Waals surface area contributed by atoms with Crippen molar-refractivity contribution in [3.63, 3.8) is 0 Å². The summed E-state index contributed by atoms with van der Waals surface area (Å²) < 4.78 is 39.4. The Balaban J connectivity index is 1.78. The van der Waals surface area contributed by atoms with Crippen LogP contribution in [0.15, 0.2) is 30.3 Å². The molecule has 0 spiro atoms. The maximum Gasteiger partial charge on any atom is 0.416 e. The lowest BCUT2D eigenvalue weighted by Gasteiger charge is -2.14. The molecule has 1 aliphatic rings. The minimum absolute atomic E-state index is 0.200. The summed E-state index contributed by atoms with van der Waals surface area (Å²) in [5.74, 6) is -1.08. The summed E-state index contributed by atoms with van der Waals surface area (Å²) in [6, 6.07) is 7.35. The van der Waals surface area contributed by atoms with Crippen molar-refractivity contribution in [3.8, 4) is 0 Å². The van der Waals surface area contributed by atoms with Gasteiger partial charge in [-0.2, -0.15) is 13.2 Å². The van der Waals surface area contributed by atoms with E-state index in [-0.39, 0.29) is 11.5 Å². The van der Waals surface area contributed by atoms with E-state index in [0.717, 1.165) is 17.3 Å². The lowest BCUT2D eigenvalue weighted by Crippen LogP contribution is -2.17. The Hall–Kier alpha value is -2.37. The zero-order chi connectivity index (χ0) is 18.4. The molecular weight excluding hydrogens is 329 g/mol. The molecule has 0 radical (unpaired) electrons. The van der Waals surface area contributed by atoms with Crippen LogP contribution in [-0.2, 0) is 11.0 Å². The monoisotopic (exact) mass is 348 g/mol. The van der Waals surface area contributed by atoms with Gasteiger partial charge in [-0.05, 0) is 56.4 Å².